The molecular formula is C66H38BN9O10. The zero-order valence-electron chi connectivity index (χ0n) is 44.6. The summed E-state index contributed by atoms with van der Waals surface area (Å²) in [6, 6.07) is 69.0. The normalized spacial score (nSPS) is 11.7. The number of para-hydroxylation sites is 6. The predicted molar refractivity (Wildman–Crippen MR) is 335 cm³/mol. The molecule has 19 nitrogen and oxygen atoms in total. The van der Waals surface area contributed by atoms with Crippen LogP contribution in [0.1, 0.15) is 0 Å². The Kier molecular flexibility index (Phi) is 11.3. The van der Waals surface area contributed by atoms with Gasteiger partial charge in [-0.2, -0.15) is 0 Å². The van der Waals surface area contributed by atoms with E-state index in [4.69, 9.17) is 0 Å². The van der Waals surface area contributed by atoms with E-state index in [1.54, 1.807) is 12.1 Å². The monoisotopic (exact) mass is 1130 g/mol. The molecule has 20 heteroatoms. The van der Waals surface area contributed by atoms with Crippen LogP contribution in [0.5, 0.6) is 0 Å². The van der Waals surface area contributed by atoms with E-state index < -0.39 is 70.7 Å². The highest BCUT2D eigenvalue weighted by molar-refractivity contribution is 6.97. The highest BCUT2D eigenvalue weighted by Crippen LogP contribution is 2.45. The molecule has 15 rings (SSSR count). The second-order valence-electron chi connectivity index (χ2n) is 20.9. The number of fused-ring (bicyclic) bond motifs is 14. The third kappa shape index (κ3) is 7.49. The molecule has 4 aromatic heterocycles. The summed E-state index contributed by atoms with van der Waals surface area (Å²) in [5.74, 6) is 0. The van der Waals surface area contributed by atoms with Gasteiger partial charge in [-0.15, -0.1) is 0 Å². The molecule has 0 spiro atoms. The van der Waals surface area contributed by atoms with Crippen LogP contribution in [-0.2, 0) is 0 Å². The van der Waals surface area contributed by atoms with Crippen LogP contribution in [0, 0.1) is 50.6 Å². The average molecular weight is 1130 g/mol. The van der Waals surface area contributed by atoms with E-state index in [9.17, 15) is 50.6 Å². The zero-order valence-corrected chi connectivity index (χ0v) is 44.6. The SMILES string of the molecule is O=[N+]([O-])c1ccc(B(c2cc(-n3c4ccccc4c4c3ccc3c5ccccc5n(-c5ccccc5)c34)cc(-n3c4ccccc4c4c3ccc3c5ccccc5n(-c5ccccc5)c34)c2)c2c([N+](=O)[O-])cc([N+](=O)[O-])cc2[N+](=O)[O-])c([N+](=O)[O-])c1. The highest BCUT2D eigenvalue weighted by atomic mass is 16.6. The second kappa shape index (κ2) is 19.1. The molecule has 0 aliphatic rings. The van der Waals surface area contributed by atoms with Gasteiger partial charge in [0.1, 0.15) is 0 Å². The van der Waals surface area contributed by atoms with Crippen molar-refractivity contribution in [1.29, 1.82) is 0 Å². The minimum atomic E-state index is -1.89. The third-order valence-corrected chi connectivity index (χ3v) is 16.5. The first kappa shape index (κ1) is 50.6. The zero-order chi connectivity index (χ0) is 58.8. The summed E-state index contributed by atoms with van der Waals surface area (Å²) < 4.78 is 8.47. The van der Waals surface area contributed by atoms with Crippen LogP contribution in [-0.4, -0.2) is 49.6 Å². The maximum absolute atomic E-state index is 13.5. The number of nitro benzene ring substituents is 5. The van der Waals surface area contributed by atoms with Crippen LogP contribution in [0.15, 0.2) is 231 Å². The van der Waals surface area contributed by atoms with E-state index in [1.807, 2.05) is 161 Å². The molecule has 15 aromatic rings. The number of nitrogens with zero attached hydrogens (tertiary/aromatic N) is 9. The van der Waals surface area contributed by atoms with Gasteiger partial charge in [-0.05, 0) is 78.9 Å². The van der Waals surface area contributed by atoms with Crippen molar-refractivity contribution < 1.29 is 24.6 Å². The van der Waals surface area contributed by atoms with Crippen molar-refractivity contribution in [1.82, 2.24) is 18.3 Å². The Hall–Kier alpha value is -12.3. The molecule has 0 saturated carbocycles. The summed E-state index contributed by atoms with van der Waals surface area (Å²) in [4.78, 5) is 60.6. The van der Waals surface area contributed by atoms with Gasteiger partial charge in [0.2, 0.25) is 0 Å². The lowest BCUT2D eigenvalue weighted by Gasteiger charge is -2.20. The van der Waals surface area contributed by atoms with E-state index >= 15 is 0 Å². The Balaban J connectivity index is 1.14. The Morgan fingerprint density at radius 1 is 0.291 bits per heavy atom. The summed E-state index contributed by atoms with van der Waals surface area (Å²) in [6.45, 7) is -1.89. The molecule has 0 atom stereocenters. The van der Waals surface area contributed by atoms with Crippen molar-refractivity contribution in [3.05, 3.63) is 281 Å². The van der Waals surface area contributed by atoms with Gasteiger partial charge in [0.15, 0.2) is 0 Å². The molecule has 0 N–H and O–H groups in total. The number of hydrogen-bond acceptors (Lipinski definition) is 10. The van der Waals surface area contributed by atoms with Gasteiger partial charge in [0, 0.05) is 77.4 Å². The Bertz CT molecular complexity index is 5220. The molecular weight excluding hydrogens is 1090 g/mol. The molecule has 0 radical (unpaired) electrons. The lowest BCUT2D eigenvalue weighted by molar-refractivity contribution is -0.401. The molecule has 4 heterocycles. The Morgan fingerprint density at radius 2 is 0.674 bits per heavy atom. The molecule has 0 aliphatic heterocycles. The minimum Gasteiger partial charge on any atom is -0.309 e. The van der Waals surface area contributed by atoms with Crippen LogP contribution in [0.3, 0.4) is 0 Å². The predicted octanol–water partition coefficient (Wildman–Crippen LogP) is 14.1. The summed E-state index contributed by atoms with van der Waals surface area (Å²) in [6.07, 6.45) is 0. The quantitative estimate of drug-likeness (QED) is 0.0637. The summed E-state index contributed by atoms with van der Waals surface area (Å²) in [5, 5.41) is 72.6. The fraction of sp³-hybridized carbons (Fsp3) is 0. The average Bonchev–Trinajstić information content (AvgIpc) is 1.55. The summed E-state index contributed by atoms with van der Waals surface area (Å²) >= 11 is 0. The number of aromatic nitrogens is 4. The van der Waals surface area contributed by atoms with E-state index in [-0.39, 0.29) is 5.46 Å². The van der Waals surface area contributed by atoms with Gasteiger partial charge >= 0.3 is 0 Å². The summed E-state index contributed by atoms with van der Waals surface area (Å²) in [7, 11) is 0. The molecule has 11 aromatic carbocycles. The lowest BCUT2D eigenvalue weighted by Crippen LogP contribution is -2.54. The molecule has 0 saturated heterocycles. The smallest absolute Gasteiger partial charge is 0.283 e. The van der Waals surface area contributed by atoms with Crippen molar-refractivity contribution in [3.63, 3.8) is 0 Å². The topological polar surface area (TPSA) is 235 Å². The third-order valence-electron chi connectivity index (χ3n) is 16.5. The van der Waals surface area contributed by atoms with E-state index in [0.29, 0.717) is 51.6 Å². The first-order valence-corrected chi connectivity index (χ1v) is 27.1. The Morgan fingerprint density at radius 3 is 1.09 bits per heavy atom. The fourth-order valence-corrected chi connectivity index (χ4v) is 13.2. The van der Waals surface area contributed by atoms with Crippen LogP contribution in [0.25, 0.3) is 110 Å². The number of rotatable bonds is 12. The Labute approximate surface area is 483 Å². The maximum Gasteiger partial charge on any atom is 0.283 e. The van der Waals surface area contributed by atoms with Crippen LogP contribution >= 0.6 is 0 Å². The molecule has 0 unspecified atom stereocenters. The van der Waals surface area contributed by atoms with Gasteiger partial charge < -0.3 is 18.3 Å². The number of benzene rings is 11. The number of nitro groups is 5. The van der Waals surface area contributed by atoms with Crippen LogP contribution in [0.4, 0.5) is 28.4 Å². The van der Waals surface area contributed by atoms with Crippen molar-refractivity contribution in [3.8, 4) is 22.7 Å². The fourth-order valence-electron chi connectivity index (χ4n) is 13.2. The number of hydrogen-bond donors (Lipinski definition) is 0. The molecule has 0 amide bonds. The largest absolute Gasteiger partial charge is 0.309 e. The molecule has 0 aliphatic carbocycles. The van der Waals surface area contributed by atoms with E-state index in [0.717, 1.165) is 88.7 Å². The first-order valence-electron chi connectivity index (χ1n) is 27.1. The van der Waals surface area contributed by atoms with E-state index in [2.05, 4.69) is 45.5 Å². The lowest BCUT2D eigenvalue weighted by atomic mass is 9.35. The van der Waals surface area contributed by atoms with Gasteiger partial charge in [0.05, 0.1) is 92.4 Å². The minimum absolute atomic E-state index is 0.0188. The number of non-ortho nitro benzene ring substituents is 2. The van der Waals surface area contributed by atoms with Crippen LogP contribution < -0.4 is 16.4 Å². The highest BCUT2D eigenvalue weighted by Gasteiger charge is 2.43. The van der Waals surface area contributed by atoms with Gasteiger partial charge in [-0.1, -0.05) is 133 Å². The second-order valence-corrected chi connectivity index (χ2v) is 20.9. The van der Waals surface area contributed by atoms with Gasteiger partial charge in [-0.25, -0.2) is 0 Å². The van der Waals surface area contributed by atoms with Crippen molar-refractivity contribution in [2.24, 2.45) is 0 Å². The van der Waals surface area contributed by atoms with Crippen LogP contribution in [0.2, 0.25) is 0 Å². The van der Waals surface area contributed by atoms with Crippen molar-refractivity contribution in [2.75, 3.05) is 0 Å². The van der Waals surface area contributed by atoms with Crippen molar-refractivity contribution >= 4 is 139 Å². The van der Waals surface area contributed by atoms with Gasteiger partial charge in [-0.3, -0.25) is 50.6 Å². The van der Waals surface area contributed by atoms with E-state index in [1.165, 1.54) is 0 Å². The molecule has 0 bridgehead atoms. The molecule has 410 valence electrons. The first-order chi connectivity index (χ1) is 41.9. The molecule has 0 fully saturated rings. The standard InChI is InChI=1S/C66H38BN9O10/c77-72(78)42-27-30-52(59(36-42)74(81)82)67(64-60(75(83)84)37-45(73(79)80)38-61(64)76(85)86)39-33-43(68-55-25-13-9-21-50(55)62-57(68)31-28-48-46-19-7-11-23-53(46)70(65(48)62)40-15-3-1-4-16-40)35-44(34-39)69-56-26-14-10-22-51(56)63-58(69)32-29-49-47-20-8-12-24-54(47)71(66(49)63)41-17-5-2-6-18-41/h1-38H. The van der Waals surface area contributed by atoms with Gasteiger partial charge in [0.25, 0.3) is 35.1 Å². The molecule has 86 heavy (non-hydrogen) atoms. The van der Waals surface area contributed by atoms with Crippen molar-refractivity contribution in [2.45, 2.75) is 0 Å². The summed E-state index contributed by atoms with van der Waals surface area (Å²) in [5.41, 5.74) is 3.21. The maximum atomic E-state index is 13.5.